The highest BCUT2D eigenvalue weighted by Gasteiger charge is 2.41. The summed E-state index contributed by atoms with van der Waals surface area (Å²) >= 11 is 0. The van der Waals surface area contributed by atoms with Gasteiger partial charge in [-0.2, -0.15) is 23.4 Å². The number of carbonyl (C=O) groups excluding carboxylic acids is 1. The van der Waals surface area contributed by atoms with Crippen LogP contribution in [0.2, 0.25) is 0 Å². The summed E-state index contributed by atoms with van der Waals surface area (Å²) in [6.45, 7) is 6.82. The molecule has 0 spiro atoms. The van der Waals surface area contributed by atoms with Gasteiger partial charge in [0.1, 0.15) is 6.04 Å². The van der Waals surface area contributed by atoms with E-state index in [-0.39, 0.29) is 17.4 Å². The number of nitrogens with one attached hydrogen (secondary N) is 1. The zero-order chi connectivity index (χ0) is 20.5. The number of halogens is 3. The molecule has 0 aromatic carbocycles. The van der Waals surface area contributed by atoms with Gasteiger partial charge in [0.2, 0.25) is 5.91 Å². The minimum Gasteiger partial charge on any atom is -0.354 e. The third kappa shape index (κ3) is 4.07. The Hall–Kier alpha value is -2.32. The first-order valence-electron chi connectivity index (χ1n) is 9.66. The zero-order valence-electron chi connectivity index (χ0n) is 16.4. The van der Waals surface area contributed by atoms with Crippen molar-refractivity contribution < 1.29 is 18.0 Å². The Balaban J connectivity index is 1.70. The van der Waals surface area contributed by atoms with Crippen LogP contribution in [0.15, 0.2) is 12.3 Å². The predicted octanol–water partition coefficient (Wildman–Crippen LogP) is 3.30. The fourth-order valence-electron chi connectivity index (χ4n) is 3.76. The Kier molecular flexibility index (Phi) is 5.81. The second kappa shape index (κ2) is 7.97. The van der Waals surface area contributed by atoms with Crippen molar-refractivity contribution in [1.29, 1.82) is 0 Å². The van der Waals surface area contributed by atoms with Crippen LogP contribution in [0.5, 0.6) is 0 Å². The van der Waals surface area contributed by atoms with Gasteiger partial charge in [0.05, 0.1) is 0 Å². The average Bonchev–Trinajstić information content (AvgIpc) is 3.31. The Morgan fingerprint density at radius 1 is 1.36 bits per heavy atom. The van der Waals surface area contributed by atoms with Crippen molar-refractivity contribution in [3.05, 3.63) is 34.9 Å². The van der Waals surface area contributed by atoms with Gasteiger partial charge >= 0.3 is 6.18 Å². The van der Waals surface area contributed by atoms with E-state index in [0.717, 1.165) is 5.69 Å². The summed E-state index contributed by atoms with van der Waals surface area (Å²) < 4.78 is 43.1. The maximum absolute atomic E-state index is 13.3. The normalized spacial score (nSPS) is 16.1. The van der Waals surface area contributed by atoms with E-state index in [0.29, 0.717) is 44.5 Å². The second-order valence-electron chi connectivity index (χ2n) is 7.50. The molecule has 0 fully saturated rings. The van der Waals surface area contributed by atoms with E-state index in [1.807, 2.05) is 24.6 Å². The SMILES string of the molecule is CC[C@H](C(=O)NC[C@@H](C)Cn1nccc1C)n1nc(C(F)(F)F)c2c1CCC2. The van der Waals surface area contributed by atoms with Gasteiger partial charge in [-0.05, 0) is 44.6 Å². The molecule has 6 nitrogen and oxygen atoms in total. The van der Waals surface area contributed by atoms with Crippen LogP contribution in [-0.2, 0) is 30.4 Å². The van der Waals surface area contributed by atoms with Crippen molar-refractivity contribution in [2.75, 3.05) is 6.54 Å². The van der Waals surface area contributed by atoms with Gasteiger partial charge in [-0.3, -0.25) is 14.2 Å². The average molecular weight is 397 g/mol. The van der Waals surface area contributed by atoms with Crippen LogP contribution in [0.1, 0.15) is 55.4 Å². The van der Waals surface area contributed by atoms with E-state index >= 15 is 0 Å². The van der Waals surface area contributed by atoms with E-state index in [4.69, 9.17) is 0 Å². The Morgan fingerprint density at radius 3 is 2.71 bits per heavy atom. The highest BCUT2D eigenvalue weighted by atomic mass is 19.4. The monoisotopic (exact) mass is 397 g/mol. The molecule has 2 aromatic rings. The fraction of sp³-hybridized carbons (Fsp3) is 0.632. The molecule has 0 bridgehead atoms. The van der Waals surface area contributed by atoms with E-state index in [2.05, 4.69) is 15.5 Å². The van der Waals surface area contributed by atoms with E-state index in [1.54, 1.807) is 13.1 Å². The van der Waals surface area contributed by atoms with Crippen LogP contribution in [0.25, 0.3) is 0 Å². The maximum atomic E-state index is 13.3. The van der Waals surface area contributed by atoms with Gasteiger partial charge in [-0.25, -0.2) is 0 Å². The number of hydrogen-bond donors (Lipinski definition) is 1. The van der Waals surface area contributed by atoms with Crippen molar-refractivity contribution in [1.82, 2.24) is 24.9 Å². The molecule has 2 heterocycles. The van der Waals surface area contributed by atoms with Gasteiger partial charge in [0.25, 0.3) is 0 Å². The molecular weight excluding hydrogens is 371 g/mol. The number of aromatic nitrogens is 4. The highest BCUT2D eigenvalue weighted by molar-refractivity contribution is 5.80. The second-order valence-corrected chi connectivity index (χ2v) is 7.50. The van der Waals surface area contributed by atoms with Crippen molar-refractivity contribution in [2.45, 2.75) is 65.2 Å². The van der Waals surface area contributed by atoms with E-state index in [9.17, 15) is 18.0 Å². The molecule has 0 radical (unpaired) electrons. The Labute approximate surface area is 162 Å². The molecule has 0 aliphatic heterocycles. The number of amides is 1. The van der Waals surface area contributed by atoms with Gasteiger partial charge in [0, 0.05) is 36.2 Å². The van der Waals surface area contributed by atoms with E-state index < -0.39 is 17.9 Å². The first-order valence-corrected chi connectivity index (χ1v) is 9.66. The summed E-state index contributed by atoms with van der Waals surface area (Å²) in [6, 6.07) is 1.18. The molecule has 1 aliphatic carbocycles. The van der Waals surface area contributed by atoms with Gasteiger partial charge in [0.15, 0.2) is 5.69 Å². The third-order valence-electron chi connectivity index (χ3n) is 5.25. The van der Waals surface area contributed by atoms with Gasteiger partial charge in [-0.1, -0.05) is 13.8 Å². The van der Waals surface area contributed by atoms with Crippen LogP contribution >= 0.6 is 0 Å². The van der Waals surface area contributed by atoms with Gasteiger partial charge in [-0.15, -0.1) is 0 Å². The van der Waals surface area contributed by atoms with Crippen LogP contribution in [0.4, 0.5) is 13.2 Å². The largest absolute Gasteiger partial charge is 0.435 e. The minimum atomic E-state index is -4.50. The maximum Gasteiger partial charge on any atom is 0.435 e. The summed E-state index contributed by atoms with van der Waals surface area (Å²) in [5.74, 6) is -0.161. The molecule has 154 valence electrons. The first kappa shape index (κ1) is 20.4. The Bertz CT molecular complexity index is 839. The van der Waals surface area contributed by atoms with Crippen molar-refractivity contribution >= 4 is 5.91 Å². The minimum absolute atomic E-state index is 0.133. The molecule has 1 aliphatic rings. The van der Waals surface area contributed by atoms with Crippen LogP contribution in [0, 0.1) is 12.8 Å². The fourth-order valence-corrected chi connectivity index (χ4v) is 3.76. The van der Waals surface area contributed by atoms with Gasteiger partial charge < -0.3 is 5.32 Å². The lowest BCUT2D eigenvalue weighted by Gasteiger charge is -2.20. The summed E-state index contributed by atoms with van der Waals surface area (Å²) in [6.07, 6.45) is -0.840. The molecular formula is C19H26F3N5O. The molecule has 2 aromatic heterocycles. The number of fused-ring (bicyclic) bond motifs is 1. The predicted molar refractivity (Wildman–Crippen MR) is 97.7 cm³/mol. The third-order valence-corrected chi connectivity index (χ3v) is 5.25. The van der Waals surface area contributed by atoms with Crippen LogP contribution in [0.3, 0.4) is 0 Å². The molecule has 9 heteroatoms. The Morgan fingerprint density at radius 2 is 2.11 bits per heavy atom. The van der Waals surface area contributed by atoms with Crippen molar-refractivity contribution in [3.63, 3.8) is 0 Å². The van der Waals surface area contributed by atoms with E-state index in [1.165, 1.54) is 4.68 Å². The number of carbonyl (C=O) groups is 1. The number of rotatable bonds is 7. The van der Waals surface area contributed by atoms with Crippen molar-refractivity contribution in [3.8, 4) is 0 Å². The summed E-state index contributed by atoms with van der Waals surface area (Å²) in [4.78, 5) is 12.7. The van der Waals surface area contributed by atoms with Crippen molar-refractivity contribution in [2.24, 2.45) is 5.92 Å². The lowest BCUT2D eigenvalue weighted by Crippen LogP contribution is -2.37. The molecule has 28 heavy (non-hydrogen) atoms. The molecule has 0 saturated heterocycles. The van der Waals surface area contributed by atoms with Crippen LogP contribution < -0.4 is 5.32 Å². The standard InChI is InChI=1S/C19H26F3N5O/c1-4-15(18(28)23-10-12(2)11-26-13(3)8-9-24-26)27-16-7-5-6-14(16)17(25-27)19(20,21)22/h8-9,12,15H,4-7,10-11H2,1-3H3,(H,23,28)/t12-,15-/m1/s1. The lowest BCUT2D eigenvalue weighted by atomic mass is 10.1. The van der Waals surface area contributed by atoms with Crippen LogP contribution in [-0.4, -0.2) is 32.0 Å². The quantitative estimate of drug-likeness (QED) is 0.780. The molecule has 2 atom stereocenters. The number of aryl methyl sites for hydroxylation is 1. The molecule has 1 amide bonds. The molecule has 0 unspecified atom stereocenters. The molecule has 1 N–H and O–H groups in total. The number of hydrogen-bond acceptors (Lipinski definition) is 3. The first-order chi connectivity index (χ1) is 13.2. The summed E-state index contributed by atoms with van der Waals surface area (Å²) in [7, 11) is 0. The molecule has 0 saturated carbocycles. The number of nitrogens with zero attached hydrogens (tertiary/aromatic N) is 4. The lowest BCUT2D eigenvalue weighted by molar-refractivity contribution is -0.142. The number of alkyl halides is 3. The summed E-state index contributed by atoms with van der Waals surface area (Å²) in [5, 5.41) is 10.9. The smallest absolute Gasteiger partial charge is 0.354 e. The molecule has 3 rings (SSSR count). The highest BCUT2D eigenvalue weighted by Crippen LogP contribution is 2.37. The zero-order valence-corrected chi connectivity index (χ0v) is 16.4. The topological polar surface area (TPSA) is 64.7 Å². The summed E-state index contributed by atoms with van der Waals surface area (Å²) in [5.41, 5.74) is 1.00.